The number of rotatable bonds is 4. The SMILES string of the molecule is C#CCC(Nc1ccncc1)C(=O)O. The van der Waals surface area contributed by atoms with Gasteiger partial charge in [-0.05, 0) is 12.1 Å². The van der Waals surface area contributed by atoms with E-state index in [1.165, 1.54) is 0 Å². The van der Waals surface area contributed by atoms with Crippen LogP contribution in [0, 0.1) is 12.3 Å². The van der Waals surface area contributed by atoms with Crippen molar-refractivity contribution in [3.63, 3.8) is 0 Å². The van der Waals surface area contributed by atoms with Crippen LogP contribution in [0.15, 0.2) is 24.5 Å². The lowest BCUT2D eigenvalue weighted by Gasteiger charge is -2.12. The Bertz CT molecular complexity index is 343. The van der Waals surface area contributed by atoms with Gasteiger partial charge in [-0.15, -0.1) is 12.3 Å². The molecule has 4 nitrogen and oxygen atoms in total. The minimum absolute atomic E-state index is 0.150. The second-order valence-electron chi connectivity index (χ2n) is 2.68. The van der Waals surface area contributed by atoms with Crippen molar-refractivity contribution in [2.45, 2.75) is 12.5 Å². The van der Waals surface area contributed by atoms with Crippen LogP contribution in [0.5, 0.6) is 0 Å². The summed E-state index contributed by atoms with van der Waals surface area (Å²) in [5.74, 6) is 1.35. The Balaban J connectivity index is 2.66. The van der Waals surface area contributed by atoms with E-state index in [0.717, 1.165) is 0 Å². The van der Waals surface area contributed by atoms with Gasteiger partial charge in [-0.2, -0.15) is 0 Å². The molecule has 2 N–H and O–H groups in total. The molecule has 0 spiro atoms. The molecule has 72 valence electrons. The molecular formula is C10H10N2O2. The van der Waals surface area contributed by atoms with Crippen molar-refractivity contribution < 1.29 is 9.90 Å². The van der Waals surface area contributed by atoms with E-state index in [1.54, 1.807) is 24.5 Å². The molecule has 0 aliphatic heterocycles. The van der Waals surface area contributed by atoms with E-state index in [9.17, 15) is 4.79 Å². The highest BCUT2D eigenvalue weighted by atomic mass is 16.4. The van der Waals surface area contributed by atoms with Crippen molar-refractivity contribution in [2.24, 2.45) is 0 Å². The molecule has 0 aromatic carbocycles. The third-order valence-electron chi connectivity index (χ3n) is 1.64. The largest absolute Gasteiger partial charge is 0.480 e. The third kappa shape index (κ3) is 2.79. The minimum atomic E-state index is -0.959. The van der Waals surface area contributed by atoms with Crippen LogP contribution in [-0.2, 0) is 4.79 Å². The molecule has 0 amide bonds. The van der Waals surface area contributed by atoms with E-state index in [2.05, 4.69) is 16.2 Å². The smallest absolute Gasteiger partial charge is 0.327 e. The van der Waals surface area contributed by atoms with Crippen LogP contribution >= 0.6 is 0 Å². The first-order valence-electron chi connectivity index (χ1n) is 4.07. The number of hydrogen-bond acceptors (Lipinski definition) is 3. The second-order valence-corrected chi connectivity index (χ2v) is 2.68. The van der Waals surface area contributed by atoms with Crippen molar-refractivity contribution in [1.29, 1.82) is 0 Å². The van der Waals surface area contributed by atoms with Crippen LogP contribution in [-0.4, -0.2) is 22.1 Å². The number of aromatic nitrogens is 1. The Hall–Kier alpha value is -2.02. The van der Waals surface area contributed by atoms with Crippen molar-refractivity contribution in [3.8, 4) is 12.3 Å². The van der Waals surface area contributed by atoms with Gasteiger partial charge in [0.15, 0.2) is 0 Å². The van der Waals surface area contributed by atoms with E-state index >= 15 is 0 Å². The lowest BCUT2D eigenvalue weighted by molar-refractivity contribution is -0.137. The topological polar surface area (TPSA) is 62.2 Å². The Morgan fingerprint density at radius 1 is 1.64 bits per heavy atom. The highest BCUT2D eigenvalue weighted by molar-refractivity contribution is 5.77. The number of nitrogens with one attached hydrogen (secondary N) is 1. The fourth-order valence-corrected chi connectivity index (χ4v) is 0.967. The number of nitrogens with zero attached hydrogens (tertiary/aromatic N) is 1. The first-order chi connectivity index (χ1) is 6.74. The van der Waals surface area contributed by atoms with Crippen LogP contribution < -0.4 is 5.32 Å². The standard InChI is InChI=1S/C10H10N2O2/c1-2-3-9(10(13)14)12-8-4-6-11-7-5-8/h1,4-7,9H,3H2,(H,11,12)(H,13,14). The van der Waals surface area contributed by atoms with Gasteiger partial charge in [0.25, 0.3) is 0 Å². The van der Waals surface area contributed by atoms with Gasteiger partial charge in [0.1, 0.15) is 6.04 Å². The third-order valence-corrected chi connectivity index (χ3v) is 1.64. The zero-order valence-corrected chi connectivity index (χ0v) is 7.47. The molecule has 0 radical (unpaired) electrons. The average Bonchev–Trinajstić information content (AvgIpc) is 2.18. The highest BCUT2D eigenvalue weighted by Gasteiger charge is 2.14. The van der Waals surface area contributed by atoms with Gasteiger partial charge in [0.05, 0.1) is 0 Å². The maximum atomic E-state index is 10.7. The summed E-state index contributed by atoms with van der Waals surface area (Å²) in [6, 6.07) is 2.63. The normalized spacial score (nSPS) is 11.4. The van der Waals surface area contributed by atoms with Gasteiger partial charge in [-0.25, -0.2) is 4.79 Å². The Morgan fingerprint density at radius 2 is 2.29 bits per heavy atom. The van der Waals surface area contributed by atoms with Crippen LogP contribution in [0.1, 0.15) is 6.42 Å². The number of anilines is 1. The Kier molecular flexibility index (Phi) is 3.50. The van der Waals surface area contributed by atoms with Crippen molar-refractivity contribution >= 4 is 11.7 Å². The summed E-state index contributed by atoms with van der Waals surface area (Å²) >= 11 is 0. The number of pyridine rings is 1. The summed E-state index contributed by atoms with van der Waals surface area (Å²) in [5.41, 5.74) is 0.697. The molecule has 1 aromatic heterocycles. The minimum Gasteiger partial charge on any atom is -0.480 e. The summed E-state index contributed by atoms with van der Waals surface area (Å²) in [6.07, 6.45) is 8.37. The molecule has 0 aliphatic carbocycles. The summed E-state index contributed by atoms with van der Waals surface area (Å²) in [4.78, 5) is 14.5. The lowest BCUT2D eigenvalue weighted by Crippen LogP contribution is -2.28. The number of aliphatic carboxylic acids is 1. The zero-order valence-electron chi connectivity index (χ0n) is 7.47. The first-order valence-corrected chi connectivity index (χ1v) is 4.07. The van der Waals surface area contributed by atoms with Gasteiger partial charge in [-0.1, -0.05) is 0 Å². The maximum Gasteiger partial charge on any atom is 0.327 e. The number of carbonyl (C=O) groups is 1. The zero-order chi connectivity index (χ0) is 10.4. The number of carboxylic acid groups (broad SMARTS) is 1. The van der Waals surface area contributed by atoms with Gasteiger partial charge < -0.3 is 10.4 Å². The predicted octanol–water partition coefficient (Wildman–Crippen LogP) is 0.970. The van der Waals surface area contributed by atoms with Gasteiger partial charge in [0, 0.05) is 24.5 Å². The molecule has 0 fully saturated rings. The van der Waals surface area contributed by atoms with Crippen LogP contribution in [0.2, 0.25) is 0 Å². The predicted molar refractivity (Wildman–Crippen MR) is 52.7 cm³/mol. The summed E-state index contributed by atoms with van der Waals surface area (Å²) in [6.45, 7) is 0. The monoisotopic (exact) mass is 190 g/mol. The highest BCUT2D eigenvalue weighted by Crippen LogP contribution is 2.07. The fraction of sp³-hybridized carbons (Fsp3) is 0.200. The Morgan fingerprint density at radius 3 is 2.79 bits per heavy atom. The molecule has 14 heavy (non-hydrogen) atoms. The molecule has 0 saturated carbocycles. The molecule has 0 aliphatic rings. The van der Waals surface area contributed by atoms with Gasteiger partial charge >= 0.3 is 5.97 Å². The number of carboxylic acids is 1. The Labute approximate surface area is 82.0 Å². The van der Waals surface area contributed by atoms with Crippen LogP contribution in [0.4, 0.5) is 5.69 Å². The maximum absolute atomic E-state index is 10.7. The molecule has 1 rings (SSSR count). The molecule has 1 aromatic rings. The van der Waals surface area contributed by atoms with Crippen molar-refractivity contribution in [1.82, 2.24) is 4.98 Å². The van der Waals surface area contributed by atoms with E-state index in [1.807, 2.05) is 0 Å². The van der Waals surface area contributed by atoms with Crippen molar-refractivity contribution in [3.05, 3.63) is 24.5 Å². The van der Waals surface area contributed by atoms with E-state index in [0.29, 0.717) is 5.69 Å². The second kappa shape index (κ2) is 4.87. The molecule has 0 bridgehead atoms. The molecule has 1 unspecified atom stereocenters. The number of hydrogen-bond donors (Lipinski definition) is 2. The average molecular weight is 190 g/mol. The van der Waals surface area contributed by atoms with E-state index in [4.69, 9.17) is 11.5 Å². The van der Waals surface area contributed by atoms with Crippen LogP contribution in [0.3, 0.4) is 0 Å². The molecule has 1 heterocycles. The van der Waals surface area contributed by atoms with Gasteiger partial charge in [0.2, 0.25) is 0 Å². The molecule has 4 heteroatoms. The lowest BCUT2D eigenvalue weighted by atomic mass is 10.2. The number of terminal acetylenes is 1. The summed E-state index contributed by atoms with van der Waals surface area (Å²) in [5, 5.41) is 11.6. The van der Waals surface area contributed by atoms with Gasteiger partial charge in [-0.3, -0.25) is 4.98 Å². The molecule has 0 saturated heterocycles. The molecule has 1 atom stereocenters. The van der Waals surface area contributed by atoms with Crippen molar-refractivity contribution in [2.75, 3.05) is 5.32 Å². The first kappa shape index (κ1) is 10.1. The van der Waals surface area contributed by atoms with Crippen LogP contribution in [0.25, 0.3) is 0 Å². The summed E-state index contributed by atoms with van der Waals surface area (Å²) < 4.78 is 0. The summed E-state index contributed by atoms with van der Waals surface area (Å²) in [7, 11) is 0. The quantitative estimate of drug-likeness (QED) is 0.694. The van der Waals surface area contributed by atoms with E-state index < -0.39 is 12.0 Å². The van der Waals surface area contributed by atoms with E-state index in [-0.39, 0.29) is 6.42 Å². The fourth-order valence-electron chi connectivity index (χ4n) is 0.967. The molecular weight excluding hydrogens is 180 g/mol.